The van der Waals surface area contributed by atoms with Crippen LogP contribution in [0.25, 0.3) is 20.8 Å². The van der Waals surface area contributed by atoms with E-state index in [0.717, 1.165) is 42.2 Å². The van der Waals surface area contributed by atoms with Gasteiger partial charge in [0.2, 0.25) is 11.3 Å². The van der Waals surface area contributed by atoms with Gasteiger partial charge in [0.05, 0.1) is 27.2 Å². The quantitative estimate of drug-likeness (QED) is 0.158. The van der Waals surface area contributed by atoms with Gasteiger partial charge in [0.15, 0.2) is 0 Å². The van der Waals surface area contributed by atoms with E-state index in [0.29, 0.717) is 11.3 Å². The number of thioether (sulfide) groups is 1. The number of nitrogens with one attached hydrogen (secondary N) is 2. The predicted octanol–water partition coefficient (Wildman–Crippen LogP) is 3.27. The largest absolute Gasteiger partial charge is 0.477 e. The monoisotopic (exact) mass is 644 g/mol. The van der Waals surface area contributed by atoms with E-state index < -0.39 is 29.4 Å². The summed E-state index contributed by atoms with van der Waals surface area (Å²) >= 11 is 2.88. The normalized spacial score (nSPS) is 17.5. The van der Waals surface area contributed by atoms with Crippen molar-refractivity contribution >= 4 is 62.9 Å². The zero-order chi connectivity index (χ0) is 31.8. The zero-order valence-electron chi connectivity index (χ0n) is 24.7. The summed E-state index contributed by atoms with van der Waals surface area (Å²) < 4.78 is 8.34. The number of aryl methyl sites for hydroxylation is 1. The van der Waals surface area contributed by atoms with Gasteiger partial charge in [-0.25, -0.2) is 19.1 Å². The molecule has 11 nitrogen and oxygen atoms in total. The number of ether oxygens (including phenoxy) is 1. The Morgan fingerprint density at radius 3 is 2.62 bits per heavy atom. The Balaban J connectivity index is 1.13. The molecule has 2 aromatic carbocycles. The van der Waals surface area contributed by atoms with Crippen LogP contribution in [0.2, 0.25) is 0 Å². The first-order chi connectivity index (χ1) is 21.6. The lowest BCUT2D eigenvalue weighted by Gasteiger charge is -2.49. The molecule has 0 saturated carbocycles. The number of nitrogens with zero attached hydrogens (tertiary/aromatic N) is 3. The van der Waals surface area contributed by atoms with Crippen molar-refractivity contribution in [3.63, 3.8) is 0 Å². The maximum Gasteiger partial charge on any atom is 0.411 e. The number of rotatable bonds is 7. The minimum atomic E-state index is -1.30. The molecule has 4 aliphatic rings. The summed E-state index contributed by atoms with van der Waals surface area (Å²) in [7, 11) is 3.95. The first-order valence-corrected chi connectivity index (χ1v) is 16.0. The topological polar surface area (TPSA) is 141 Å². The fraction of sp³-hybridized carbons (Fsp3) is 0.250. The van der Waals surface area contributed by atoms with Gasteiger partial charge in [-0.1, -0.05) is 30.3 Å². The third kappa shape index (κ3) is 6.13. The molecule has 2 aromatic rings. The number of amides is 3. The summed E-state index contributed by atoms with van der Waals surface area (Å²) in [6.07, 6.45) is -0.643. The molecule has 1 aliphatic carbocycles. The molecule has 3 aliphatic heterocycles. The van der Waals surface area contributed by atoms with Crippen LogP contribution in [0.5, 0.6) is 0 Å². The average Bonchev–Trinajstić information content (AvgIpc) is 3.01. The Morgan fingerprint density at radius 2 is 1.89 bits per heavy atom. The van der Waals surface area contributed by atoms with E-state index in [1.165, 1.54) is 11.8 Å². The number of hydrogen-bond donors (Lipinski definition) is 3. The summed E-state index contributed by atoms with van der Waals surface area (Å²) in [4.78, 5) is 57.5. The highest BCUT2D eigenvalue weighted by molar-refractivity contribution is 8.00. The number of hydrogen-bond acceptors (Lipinski definition) is 8. The maximum atomic E-state index is 13.0. The van der Waals surface area contributed by atoms with Crippen molar-refractivity contribution in [3.05, 3.63) is 88.4 Å². The van der Waals surface area contributed by atoms with Crippen molar-refractivity contribution < 1.29 is 29.0 Å². The number of benzene rings is 3. The molecule has 0 radical (unpaired) electrons. The number of β-lactam (4-membered cyclic amide) rings is 1. The Morgan fingerprint density at radius 1 is 1.11 bits per heavy atom. The molecule has 1 fully saturated rings. The molecule has 45 heavy (non-hydrogen) atoms. The second-order valence-corrected chi connectivity index (χ2v) is 13.2. The molecule has 230 valence electrons. The Kier molecular flexibility index (Phi) is 8.30. The molecular weight excluding hydrogens is 615 g/mol. The highest BCUT2D eigenvalue weighted by atomic mass is 32.2. The van der Waals surface area contributed by atoms with Gasteiger partial charge in [-0.05, 0) is 36.2 Å². The van der Waals surface area contributed by atoms with Gasteiger partial charge in [-0.2, -0.15) is 0 Å². The minimum absolute atomic E-state index is 0.111. The van der Waals surface area contributed by atoms with Gasteiger partial charge in [-0.3, -0.25) is 19.8 Å². The summed E-state index contributed by atoms with van der Waals surface area (Å²) in [5.74, 6) is -1.91. The number of carboxylic acid groups (broad SMARTS) is 1. The lowest BCUT2D eigenvalue weighted by Crippen LogP contribution is -2.70. The molecule has 3 heterocycles. The smallest absolute Gasteiger partial charge is 0.411 e. The summed E-state index contributed by atoms with van der Waals surface area (Å²) in [6, 6.07) is 18.1. The van der Waals surface area contributed by atoms with Gasteiger partial charge in [0.1, 0.15) is 37.8 Å². The van der Waals surface area contributed by atoms with Crippen LogP contribution in [0.4, 0.5) is 10.5 Å². The van der Waals surface area contributed by atoms with Crippen molar-refractivity contribution in [1.29, 1.82) is 0 Å². The molecule has 3 N–H and O–H groups in total. The zero-order valence-corrected chi connectivity index (χ0v) is 26.3. The maximum absolute atomic E-state index is 13.0. The number of fused-ring (bicyclic) bond motifs is 3. The van der Waals surface area contributed by atoms with E-state index in [1.807, 2.05) is 80.2 Å². The molecule has 0 bridgehead atoms. The van der Waals surface area contributed by atoms with Crippen molar-refractivity contribution in [2.75, 3.05) is 31.8 Å². The minimum Gasteiger partial charge on any atom is -0.477 e. The van der Waals surface area contributed by atoms with E-state index in [-0.39, 0.29) is 30.4 Å². The molecule has 0 spiro atoms. The SMILES string of the molecule is Cc1cc2nc3ccc(=[N+](C)C)cc-3sc2cc1NC(=O)OCC1=C(C(=O)O)N2C(=O)C(NC(=O)Cc3ccccc3)C2SC1. The first kappa shape index (κ1) is 30.3. The molecular formula is C32H30N5O6S2+. The average molecular weight is 645 g/mol. The van der Waals surface area contributed by atoms with E-state index >= 15 is 0 Å². The van der Waals surface area contributed by atoms with Gasteiger partial charge in [0, 0.05) is 29.1 Å². The molecule has 2 unspecified atom stereocenters. The highest BCUT2D eigenvalue weighted by Gasteiger charge is 2.54. The van der Waals surface area contributed by atoms with Crippen LogP contribution in [-0.4, -0.2) is 76.7 Å². The fourth-order valence-corrected chi connectivity index (χ4v) is 7.63. The first-order valence-electron chi connectivity index (χ1n) is 14.1. The summed E-state index contributed by atoms with van der Waals surface area (Å²) in [5, 5.41) is 16.0. The van der Waals surface area contributed by atoms with Crippen molar-refractivity contribution in [2.24, 2.45) is 0 Å². The number of carbonyl (C=O) groups excluding carboxylic acids is 3. The van der Waals surface area contributed by atoms with Crippen LogP contribution in [0, 0.1) is 6.92 Å². The Hall–Kier alpha value is -4.75. The lowest BCUT2D eigenvalue weighted by molar-refractivity contribution is -0.150. The van der Waals surface area contributed by atoms with Crippen molar-refractivity contribution in [2.45, 2.75) is 24.8 Å². The van der Waals surface area contributed by atoms with Crippen LogP contribution in [-0.2, 0) is 25.5 Å². The number of carboxylic acids is 1. The second kappa shape index (κ2) is 12.3. The van der Waals surface area contributed by atoms with Gasteiger partial charge in [-0.15, -0.1) is 23.1 Å². The van der Waals surface area contributed by atoms with Crippen LogP contribution in [0.15, 0.2) is 71.9 Å². The number of aromatic nitrogens is 1. The summed E-state index contributed by atoms with van der Waals surface area (Å²) in [6.45, 7) is 1.55. The van der Waals surface area contributed by atoms with E-state index in [9.17, 15) is 24.3 Å². The van der Waals surface area contributed by atoms with Gasteiger partial charge in [0.25, 0.3) is 5.91 Å². The predicted molar refractivity (Wildman–Crippen MR) is 173 cm³/mol. The van der Waals surface area contributed by atoms with E-state index in [2.05, 4.69) is 16.7 Å². The van der Waals surface area contributed by atoms with E-state index in [1.54, 1.807) is 11.3 Å². The van der Waals surface area contributed by atoms with Crippen molar-refractivity contribution in [3.8, 4) is 10.6 Å². The highest BCUT2D eigenvalue weighted by Crippen LogP contribution is 2.40. The second-order valence-electron chi connectivity index (χ2n) is 11.0. The van der Waals surface area contributed by atoms with Gasteiger partial charge >= 0.3 is 12.1 Å². The van der Waals surface area contributed by atoms with E-state index in [4.69, 9.17) is 9.72 Å². The standard InChI is InChI=1S/C32H29N5O6S2/c1-17-11-23-25(45-24-13-20(36(2)3)9-10-21(24)33-23)14-22(17)34-32(42)43-15-19-16-44-30-27(29(39)37(30)28(19)31(40)41)35-26(38)12-18-7-5-4-6-8-18/h4-11,13-14,27,30H,12,15-16H2,1-3H3,(H2,35,38,40,41)/p+1. The molecule has 13 heteroatoms. The third-order valence-corrected chi connectivity index (χ3v) is 10.0. The Labute approximate surface area is 266 Å². The van der Waals surface area contributed by atoms with Gasteiger partial charge < -0.3 is 15.2 Å². The van der Waals surface area contributed by atoms with Crippen molar-refractivity contribution in [1.82, 2.24) is 19.8 Å². The Bertz CT molecular complexity index is 1940. The number of aliphatic carboxylic acids is 1. The number of carbonyl (C=O) groups is 4. The summed E-state index contributed by atoms with van der Waals surface area (Å²) in [5.41, 5.74) is 3.91. The molecule has 6 rings (SSSR count). The molecule has 0 aromatic heterocycles. The van der Waals surface area contributed by atoms with Crippen LogP contribution in [0.3, 0.4) is 0 Å². The van der Waals surface area contributed by atoms with Crippen LogP contribution in [0.1, 0.15) is 11.1 Å². The van der Waals surface area contributed by atoms with Crippen LogP contribution < -0.4 is 20.6 Å². The molecule has 3 amide bonds. The number of anilines is 1. The fourth-order valence-electron chi connectivity index (χ4n) is 5.28. The molecule has 1 saturated heterocycles. The third-order valence-electron chi connectivity index (χ3n) is 7.61. The molecule has 2 atom stereocenters. The van der Waals surface area contributed by atoms with Crippen LogP contribution >= 0.6 is 23.1 Å². The lowest BCUT2D eigenvalue weighted by atomic mass is 10.0.